The smallest absolute Gasteiger partial charge is 0.0826 e. The van der Waals surface area contributed by atoms with E-state index < -0.39 is 0 Å². The molecule has 1 N–H and O–H groups in total. The summed E-state index contributed by atoms with van der Waals surface area (Å²) in [7, 11) is 0. The summed E-state index contributed by atoms with van der Waals surface area (Å²) in [5.74, 6) is 0.911. The van der Waals surface area contributed by atoms with Gasteiger partial charge in [0.05, 0.1) is 6.10 Å². The molecule has 0 bridgehead atoms. The molecular formula is C17H18O. The zero-order valence-corrected chi connectivity index (χ0v) is 10.6. The van der Waals surface area contributed by atoms with E-state index in [-0.39, 0.29) is 6.10 Å². The molecule has 3 atom stereocenters. The maximum Gasteiger partial charge on any atom is 0.0826 e. The molecule has 0 saturated heterocycles. The molecule has 0 aliphatic heterocycles. The van der Waals surface area contributed by atoms with Gasteiger partial charge in [-0.15, -0.1) is 0 Å². The van der Waals surface area contributed by atoms with E-state index in [2.05, 4.69) is 37.3 Å². The van der Waals surface area contributed by atoms with Gasteiger partial charge in [-0.3, -0.25) is 0 Å². The molecular weight excluding hydrogens is 220 g/mol. The fourth-order valence-electron chi connectivity index (χ4n) is 2.80. The van der Waals surface area contributed by atoms with Gasteiger partial charge < -0.3 is 5.11 Å². The second-order valence-electron chi connectivity index (χ2n) is 5.22. The Kier molecular flexibility index (Phi) is 2.92. The Balaban J connectivity index is 1.77. The van der Waals surface area contributed by atoms with Crippen molar-refractivity contribution < 1.29 is 5.11 Å². The third-order valence-electron chi connectivity index (χ3n) is 3.98. The molecule has 1 aliphatic carbocycles. The van der Waals surface area contributed by atoms with Crippen LogP contribution in [0.2, 0.25) is 0 Å². The first-order chi connectivity index (χ1) is 8.77. The highest BCUT2D eigenvalue weighted by atomic mass is 16.3. The quantitative estimate of drug-likeness (QED) is 0.861. The van der Waals surface area contributed by atoms with Crippen molar-refractivity contribution in [2.24, 2.45) is 5.92 Å². The lowest BCUT2D eigenvalue weighted by Crippen LogP contribution is -2.03. The van der Waals surface area contributed by atoms with Crippen molar-refractivity contribution in [2.45, 2.75) is 25.4 Å². The average molecular weight is 238 g/mol. The van der Waals surface area contributed by atoms with Crippen LogP contribution in [0.1, 0.15) is 35.1 Å². The van der Waals surface area contributed by atoms with Gasteiger partial charge in [0.1, 0.15) is 0 Å². The van der Waals surface area contributed by atoms with Gasteiger partial charge in [-0.25, -0.2) is 0 Å². The number of rotatable bonds is 3. The lowest BCUT2D eigenvalue weighted by molar-refractivity contribution is 0.150. The highest BCUT2D eigenvalue weighted by molar-refractivity contribution is 5.33. The standard InChI is InChI=1S/C17H18O/c1-12-7-5-6-10-14(12)17(18)16-11-15(16)13-8-3-2-4-9-13/h2-10,15-18H,11H2,1H3. The van der Waals surface area contributed by atoms with Crippen molar-refractivity contribution in [3.63, 3.8) is 0 Å². The molecule has 1 saturated carbocycles. The highest BCUT2D eigenvalue weighted by Gasteiger charge is 2.43. The number of hydrogen-bond donors (Lipinski definition) is 1. The van der Waals surface area contributed by atoms with Crippen LogP contribution >= 0.6 is 0 Å². The van der Waals surface area contributed by atoms with E-state index in [9.17, 15) is 5.11 Å². The molecule has 2 aromatic rings. The number of hydrogen-bond acceptors (Lipinski definition) is 1. The Labute approximate surface area is 108 Å². The van der Waals surface area contributed by atoms with Crippen molar-refractivity contribution in [3.05, 3.63) is 71.3 Å². The molecule has 1 fully saturated rings. The van der Waals surface area contributed by atoms with Crippen LogP contribution in [0, 0.1) is 12.8 Å². The summed E-state index contributed by atoms with van der Waals surface area (Å²) < 4.78 is 0. The number of aliphatic hydroxyl groups is 1. The number of benzene rings is 2. The maximum absolute atomic E-state index is 10.5. The Bertz CT molecular complexity index is 532. The lowest BCUT2D eigenvalue weighted by atomic mass is 9.98. The third kappa shape index (κ3) is 2.06. The highest BCUT2D eigenvalue weighted by Crippen LogP contribution is 2.54. The monoisotopic (exact) mass is 238 g/mol. The van der Waals surface area contributed by atoms with Crippen LogP contribution in [0.5, 0.6) is 0 Å². The van der Waals surface area contributed by atoms with E-state index in [0.29, 0.717) is 11.8 Å². The van der Waals surface area contributed by atoms with E-state index in [1.54, 1.807) is 0 Å². The van der Waals surface area contributed by atoms with E-state index in [0.717, 1.165) is 12.0 Å². The van der Waals surface area contributed by atoms with Gasteiger partial charge in [-0.1, -0.05) is 54.6 Å². The van der Waals surface area contributed by atoms with Crippen molar-refractivity contribution in [2.75, 3.05) is 0 Å². The first-order valence-electron chi connectivity index (χ1n) is 6.56. The second kappa shape index (κ2) is 4.58. The summed E-state index contributed by atoms with van der Waals surface area (Å²) in [4.78, 5) is 0. The van der Waals surface area contributed by atoms with Crippen LogP contribution < -0.4 is 0 Å². The Morgan fingerprint density at radius 3 is 2.39 bits per heavy atom. The zero-order valence-electron chi connectivity index (χ0n) is 10.6. The molecule has 0 radical (unpaired) electrons. The molecule has 0 spiro atoms. The van der Waals surface area contributed by atoms with Gasteiger partial charge in [-0.05, 0) is 41.9 Å². The molecule has 0 aromatic heterocycles. The van der Waals surface area contributed by atoms with Gasteiger partial charge in [-0.2, -0.15) is 0 Å². The number of aryl methyl sites for hydroxylation is 1. The predicted molar refractivity (Wildman–Crippen MR) is 73.4 cm³/mol. The molecule has 1 aliphatic rings. The molecule has 1 heteroatoms. The van der Waals surface area contributed by atoms with Crippen LogP contribution in [-0.2, 0) is 0 Å². The Morgan fingerprint density at radius 2 is 1.67 bits per heavy atom. The molecule has 92 valence electrons. The number of aliphatic hydroxyl groups excluding tert-OH is 1. The maximum atomic E-state index is 10.5. The largest absolute Gasteiger partial charge is 0.388 e. The molecule has 18 heavy (non-hydrogen) atoms. The lowest BCUT2D eigenvalue weighted by Gasteiger charge is -2.13. The first kappa shape index (κ1) is 11.5. The summed E-state index contributed by atoms with van der Waals surface area (Å²) in [5.41, 5.74) is 3.62. The third-order valence-corrected chi connectivity index (χ3v) is 3.98. The minimum atomic E-state index is -0.323. The fraction of sp³-hybridized carbons (Fsp3) is 0.294. The van der Waals surface area contributed by atoms with Crippen LogP contribution in [0.25, 0.3) is 0 Å². The first-order valence-corrected chi connectivity index (χ1v) is 6.56. The fourth-order valence-corrected chi connectivity index (χ4v) is 2.80. The van der Waals surface area contributed by atoms with E-state index in [1.807, 2.05) is 24.3 Å². The van der Waals surface area contributed by atoms with Crippen molar-refractivity contribution in [1.82, 2.24) is 0 Å². The zero-order chi connectivity index (χ0) is 12.5. The van der Waals surface area contributed by atoms with Gasteiger partial charge in [0.15, 0.2) is 0 Å². The van der Waals surface area contributed by atoms with Crippen LogP contribution in [0.3, 0.4) is 0 Å². The van der Waals surface area contributed by atoms with Crippen LogP contribution in [0.4, 0.5) is 0 Å². The summed E-state index contributed by atoms with van der Waals surface area (Å²) in [6.45, 7) is 2.07. The van der Waals surface area contributed by atoms with Crippen LogP contribution in [-0.4, -0.2) is 5.11 Å². The molecule has 3 unspecified atom stereocenters. The average Bonchev–Trinajstić information content (AvgIpc) is 3.20. The molecule has 1 nitrogen and oxygen atoms in total. The van der Waals surface area contributed by atoms with Gasteiger partial charge >= 0.3 is 0 Å². The SMILES string of the molecule is Cc1ccccc1C(O)C1CC1c1ccccc1. The summed E-state index contributed by atoms with van der Waals surface area (Å²) in [6.07, 6.45) is 0.774. The van der Waals surface area contributed by atoms with Crippen molar-refractivity contribution >= 4 is 0 Å². The second-order valence-corrected chi connectivity index (χ2v) is 5.22. The minimum absolute atomic E-state index is 0.323. The minimum Gasteiger partial charge on any atom is -0.388 e. The Hall–Kier alpha value is -1.60. The van der Waals surface area contributed by atoms with Crippen LogP contribution in [0.15, 0.2) is 54.6 Å². The molecule has 3 rings (SSSR count). The van der Waals surface area contributed by atoms with Crippen molar-refractivity contribution in [3.8, 4) is 0 Å². The summed E-state index contributed by atoms with van der Waals surface area (Å²) >= 11 is 0. The summed E-state index contributed by atoms with van der Waals surface area (Å²) in [5, 5.41) is 10.5. The van der Waals surface area contributed by atoms with E-state index >= 15 is 0 Å². The Morgan fingerprint density at radius 1 is 1.00 bits per heavy atom. The van der Waals surface area contributed by atoms with E-state index in [4.69, 9.17) is 0 Å². The van der Waals surface area contributed by atoms with Gasteiger partial charge in [0.25, 0.3) is 0 Å². The van der Waals surface area contributed by atoms with Gasteiger partial charge in [0.2, 0.25) is 0 Å². The molecule has 2 aromatic carbocycles. The normalized spacial score (nSPS) is 23.7. The molecule has 0 heterocycles. The van der Waals surface area contributed by atoms with Crippen molar-refractivity contribution in [1.29, 1.82) is 0 Å². The summed E-state index contributed by atoms with van der Waals surface area (Å²) in [6, 6.07) is 18.6. The predicted octanol–water partition coefficient (Wildman–Crippen LogP) is 3.83. The van der Waals surface area contributed by atoms with E-state index in [1.165, 1.54) is 11.1 Å². The van der Waals surface area contributed by atoms with Gasteiger partial charge in [0, 0.05) is 0 Å². The topological polar surface area (TPSA) is 20.2 Å². The molecule has 0 amide bonds.